The zero-order valence-electron chi connectivity index (χ0n) is 18.7. The van der Waals surface area contributed by atoms with E-state index >= 15 is 0 Å². The molecule has 4 aromatic carbocycles. The van der Waals surface area contributed by atoms with Crippen LogP contribution in [0.25, 0.3) is 34.4 Å². The lowest BCUT2D eigenvalue weighted by atomic mass is 9.98. The molecule has 4 aromatic rings. The monoisotopic (exact) mass is 476 g/mol. The molecule has 5 rings (SSSR count). The molecule has 0 spiro atoms. The van der Waals surface area contributed by atoms with Crippen molar-refractivity contribution in [3.63, 3.8) is 0 Å². The zero-order valence-corrected chi connectivity index (χ0v) is 18.7. The number of benzene rings is 4. The first kappa shape index (κ1) is 22.9. The number of epoxide rings is 1. The van der Waals surface area contributed by atoms with Gasteiger partial charge < -0.3 is 9.47 Å². The van der Waals surface area contributed by atoms with Gasteiger partial charge in [-0.15, -0.1) is 0 Å². The SMILES string of the molecule is COc1ccc(-c2ccc(-c3ccc(/C=C/c4ccc(C5CO5)c(F)c4F)cc3)c(F)c2F)cc1. The van der Waals surface area contributed by atoms with Crippen LogP contribution in [0.2, 0.25) is 0 Å². The van der Waals surface area contributed by atoms with Crippen LogP contribution in [-0.4, -0.2) is 13.7 Å². The number of hydrogen-bond donors (Lipinski definition) is 0. The number of rotatable bonds is 6. The predicted octanol–water partition coefficient (Wildman–Crippen LogP) is 7.83. The van der Waals surface area contributed by atoms with Gasteiger partial charge in [0.25, 0.3) is 0 Å². The molecule has 0 saturated carbocycles. The maximum absolute atomic E-state index is 14.9. The van der Waals surface area contributed by atoms with Gasteiger partial charge in [-0.2, -0.15) is 0 Å². The Balaban J connectivity index is 1.37. The van der Waals surface area contributed by atoms with Gasteiger partial charge in [0.15, 0.2) is 23.3 Å². The minimum Gasteiger partial charge on any atom is -0.497 e. The van der Waals surface area contributed by atoms with Crippen LogP contribution >= 0.6 is 0 Å². The van der Waals surface area contributed by atoms with E-state index in [-0.39, 0.29) is 28.4 Å². The van der Waals surface area contributed by atoms with E-state index in [1.54, 1.807) is 54.6 Å². The van der Waals surface area contributed by atoms with Crippen LogP contribution in [-0.2, 0) is 4.74 Å². The van der Waals surface area contributed by atoms with E-state index < -0.39 is 23.3 Å². The van der Waals surface area contributed by atoms with Crippen LogP contribution in [0, 0.1) is 23.3 Å². The fourth-order valence-electron chi connectivity index (χ4n) is 3.91. The quantitative estimate of drug-likeness (QED) is 0.161. The standard InChI is InChI=1S/C29H20F4O2/c1-34-21-11-8-19(9-12-21)23-15-14-22(27(31)28(23)32)18-5-2-17(3-6-18)4-7-20-10-13-24(25-16-35-25)29(33)26(20)30/h2-15,25H,16H2,1H3/b7-4+. The maximum atomic E-state index is 14.9. The molecular weight excluding hydrogens is 456 g/mol. The maximum Gasteiger partial charge on any atom is 0.167 e. The van der Waals surface area contributed by atoms with E-state index in [0.29, 0.717) is 29.0 Å². The summed E-state index contributed by atoms with van der Waals surface area (Å²) in [6, 6.07) is 19.5. The number of hydrogen-bond acceptors (Lipinski definition) is 2. The van der Waals surface area contributed by atoms with E-state index in [4.69, 9.17) is 9.47 Å². The van der Waals surface area contributed by atoms with Gasteiger partial charge in [0, 0.05) is 22.3 Å². The first-order chi connectivity index (χ1) is 17.0. The highest BCUT2D eigenvalue weighted by Gasteiger charge is 2.29. The Morgan fingerprint density at radius 1 is 0.686 bits per heavy atom. The highest BCUT2D eigenvalue weighted by molar-refractivity contribution is 5.75. The summed E-state index contributed by atoms with van der Waals surface area (Å²) in [4.78, 5) is 0. The number of methoxy groups -OCH3 is 1. The minimum absolute atomic E-state index is 0.109. The van der Waals surface area contributed by atoms with Crippen molar-refractivity contribution in [2.45, 2.75) is 6.10 Å². The molecule has 0 bridgehead atoms. The lowest BCUT2D eigenvalue weighted by Crippen LogP contribution is -1.95. The van der Waals surface area contributed by atoms with E-state index in [9.17, 15) is 17.6 Å². The highest BCUT2D eigenvalue weighted by Crippen LogP contribution is 2.34. The van der Waals surface area contributed by atoms with Gasteiger partial charge in [-0.05, 0) is 28.8 Å². The summed E-state index contributed by atoms with van der Waals surface area (Å²) in [6.45, 7) is 0.395. The Bertz CT molecular complexity index is 1410. The normalized spacial score (nSPS) is 14.9. The Morgan fingerprint density at radius 2 is 1.26 bits per heavy atom. The van der Waals surface area contributed by atoms with Crippen LogP contribution in [0.4, 0.5) is 17.6 Å². The third-order valence-electron chi connectivity index (χ3n) is 5.98. The largest absolute Gasteiger partial charge is 0.497 e. The zero-order chi connectivity index (χ0) is 24.5. The molecule has 1 aliphatic rings. The Kier molecular flexibility index (Phi) is 6.14. The van der Waals surface area contributed by atoms with Gasteiger partial charge in [-0.1, -0.05) is 72.8 Å². The van der Waals surface area contributed by atoms with Gasteiger partial charge in [-0.25, -0.2) is 17.6 Å². The molecule has 0 radical (unpaired) electrons. The van der Waals surface area contributed by atoms with E-state index in [1.807, 2.05) is 0 Å². The van der Waals surface area contributed by atoms with Crippen LogP contribution < -0.4 is 4.74 Å². The first-order valence-electron chi connectivity index (χ1n) is 11.0. The summed E-state index contributed by atoms with van der Waals surface area (Å²) >= 11 is 0. The van der Waals surface area contributed by atoms with Crippen molar-refractivity contribution in [3.8, 4) is 28.0 Å². The van der Waals surface area contributed by atoms with Crippen molar-refractivity contribution in [1.29, 1.82) is 0 Å². The van der Waals surface area contributed by atoms with Crippen molar-refractivity contribution in [2.75, 3.05) is 13.7 Å². The molecule has 1 saturated heterocycles. The van der Waals surface area contributed by atoms with Gasteiger partial charge in [0.1, 0.15) is 11.9 Å². The van der Waals surface area contributed by atoms with Crippen molar-refractivity contribution >= 4 is 12.2 Å². The van der Waals surface area contributed by atoms with Gasteiger partial charge >= 0.3 is 0 Å². The Labute approximate surface area is 200 Å². The average molecular weight is 476 g/mol. The fraction of sp³-hybridized carbons (Fsp3) is 0.103. The molecule has 1 atom stereocenters. The molecule has 1 unspecified atom stereocenters. The molecule has 176 valence electrons. The Morgan fingerprint density at radius 3 is 1.80 bits per heavy atom. The second-order valence-corrected chi connectivity index (χ2v) is 8.17. The molecule has 1 heterocycles. The van der Waals surface area contributed by atoms with Crippen LogP contribution in [0.3, 0.4) is 0 Å². The van der Waals surface area contributed by atoms with Crippen molar-refractivity contribution in [2.24, 2.45) is 0 Å². The summed E-state index contributed by atoms with van der Waals surface area (Å²) in [5.41, 5.74) is 2.33. The molecule has 2 nitrogen and oxygen atoms in total. The molecular formula is C29H20F4O2. The minimum atomic E-state index is -0.945. The van der Waals surface area contributed by atoms with E-state index in [1.165, 1.54) is 37.5 Å². The summed E-state index contributed by atoms with van der Waals surface area (Å²) in [5.74, 6) is -3.09. The summed E-state index contributed by atoms with van der Waals surface area (Å²) in [5, 5.41) is 0. The van der Waals surface area contributed by atoms with Crippen molar-refractivity contribution < 1.29 is 27.0 Å². The molecule has 0 aromatic heterocycles. The summed E-state index contributed by atoms with van der Waals surface area (Å²) in [6.07, 6.45) is 2.72. The van der Waals surface area contributed by atoms with Gasteiger partial charge in [0.2, 0.25) is 0 Å². The summed E-state index contributed by atoms with van der Waals surface area (Å²) < 4.78 is 68.5. The lowest BCUT2D eigenvalue weighted by Gasteiger charge is -2.10. The number of halogens is 4. The van der Waals surface area contributed by atoms with Crippen LogP contribution in [0.15, 0.2) is 72.8 Å². The molecule has 1 fully saturated rings. The fourth-order valence-corrected chi connectivity index (χ4v) is 3.91. The van der Waals surface area contributed by atoms with Crippen molar-refractivity contribution in [1.82, 2.24) is 0 Å². The van der Waals surface area contributed by atoms with E-state index in [2.05, 4.69) is 0 Å². The van der Waals surface area contributed by atoms with Gasteiger partial charge in [-0.3, -0.25) is 0 Å². The Hall–Kier alpha value is -3.90. The topological polar surface area (TPSA) is 21.8 Å². The summed E-state index contributed by atoms with van der Waals surface area (Å²) in [7, 11) is 1.53. The lowest BCUT2D eigenvalue weighted by molar-refractivity contribution is 0.401. The van der Waals surface area contributed by atoms with E-state index in [0.717, 1.165) is 0 Å². The molecule has 0 amide bonds. The van der Waals surface area contributed by atoms with Crippen LogP contribution in [0.1, 0.15) is 22.8 Å². The second-order valence-electron chi connectivity index (χ2n) is 8.17. The van der Waals surface area contributed by atoms with Crippen molar-refractivity contribution in [3.05, 3.63) is 113 Å². The first-order valence-corrected chi connectivity index (χ1v) is 11.0. The smallest absolute Gasteiger partial charge is 0.167 e. The van der Waals surface area contributed by atoms with Crippen LogP contribution in [0.5, 0.6) is 5.75 Å². The van der Waals surface area contributed by atoms with Gasteiger partial charge in [0.05, 0.1) is 13.7 Å². The average Bonchev–Trinajstić information content (AvgIpc) is 3.72. The predicted molar refractivity (Wildman–Crippen MR) is 128 cm³/mol. The molecule has 1 aliphatic heterocycles. The molecule has 0 N–H and O–H groups in total. The third kappa shape index (κ3) is 4.57. The molecule has 0 aliphatic carbocycles. The number of ether oxygens (including phenoxy) is 2. The second kappa shape index (κ2) is 9.39. The highest BCUT2D eigenvalue weighted by atomic mass is 19.2. The molecule has 35 heavy (non-hydrogen) atoms. The molecule has 6 heteroatoms. The third-order valence-corrected chi connectivity index (χ3v) is 5.98.